The number of nitrogens with one attached hydrogen (secondary N) is 1. The number of hydrogen-bond donors (Lipinski definition) is 1. The fourth-order valence-electron chi connectivity index (χ4n) is 3.31. The van der Waals surface area contributed by atoms with Gasteiger partial charge in [0.25, 0.3) is 0 Å². The van der Waals surface area contributed by atoms with Crippen LogP contribution in [0, 0.1) is 22.7 Å². The lowest BCUT2D eigenvalue weighted by Gasteiger charge is -2.45. The van der Waals surface area contributed by atoms with Crippen LogP contribution in [0.25, 0.3) is 0 Å². The van der Waals surface area contributed by atoms with Gasteiger partial charge >= 0.3 is 0 Å². The molecule has 1 saturated carbocycles. The highest BCUT2D eigenvalue weighted by molar-refractivity contribution is 5.97. The summed E-state index contributed by atoms with van der Waals surface area (Å²) in [4.78, 5) is 27.3. The molecule has 0 aromatic rings. The Morgan fingerprint density at radius 3 is 2.19 bits per heavy atom. The Kier molecular flexibility index (Phi) is 3.88. The highest BCUT2D eigenvalue weighted by atomic mass is 16.2. The van der Waals surface area contributed by atoms with Crippen molar-refractivity contribution in [1.82, 2.24) is 10.2 Å². The van der Waals surface area contributed by atoms with Crippen molar-refractivity contribution in [3.05, 3.63) is 0 Å². The number of piperazine rings is 1. The van der Waals surface area contributed by atoms with Gasteiger partial charge in [0, 0.05) is 6.54 Å². The van der Waals surface area contributed by atoms with Gasteiger partial charge in [-0.05, 0) is 29.1 Å². The zero-order valence-electron chi connectivity index (χ0n) is 14.5. The van der Waals surface area contributed by atoms with Crippen molar-refractivity contribution in [3.63, 3.8) is 0 Å². The maximum atomic E-state index is 12.9. The third-order valence-corrected chi connectivity index (χ3v) is 5.05. The first-order chi connectivity index (χ1) is 9.45. The minimum Gasteiger partial charge on any atom is -0.342 e. The Morgan fingerprint density at radius 2 is 1.81 bits per heavy atom. The second-order valence-electron chi connectivity index (χ2n) is 8.88. The predicted octanol–water partition coefficient (Wildman–Crippen LogP) is 2.43. The van der Waals surface area contributed by atoms with Crippen LogP contribution in [0.3, 0.4) is 0 Å². The molecule has 0 aromatic carbocycles. The van der Waals surface area contributed by atoms with Crippen molar-refractivity contribution in [2.45, 2.75) is 67.0 Å². The fraction of sp³-hybridized carbons (Fsp3) is 0.882. The van der Waals surface area contributed by atoms with Gasteiger partial charge in [0.2, 0.25) is 11.8 Å². The molecule has 120 valence electrons. The highest BCUT2D eigenvalue weighted by Gasteiger charge is 2.52. The number of nitrogens with zero attached hydrogens (tertiary/aromatic N) is 1. The van der Waals surface area contributed by atoms with Gasteiger partial charge in [0.1, 0.15) is 12.1 Å². The lowest BCUT2D eigenvalue weighted by molar-refractivity contribution is -0.154. The zero-order chi connectivity index (χ0) is 16.2. The Balaban J connectivity index is 2.25. The third-order valence-electron chi connectivity index (χ3n) is 5.05. The van der Waals surface area contributed by atoms with Crippen molar-refractivity contribution in [2.24, 2.45) is 22.7 Å². The normalized spacial score (nSPS) is 32.4. The second kappa shape index (κ2) is 4.99. The monoisotopic (exact) mass is 294 g/mol. The molecule has 0 bridgehead atoms. The maximum Gasteiger partial charge on any atom is 0.246 e. The largest absolute Gasteiger partial charge is 0.342 e. The molecule has 1 heterocycles. The van der Waals surface area contributed by atoms with E-state index in [0.717, 1.165) is 6.42 Å². The second-order valence-corrected chi connectivity index (χ2v) is 8.88. The lowest BCUT2D eigenvalue weighted by Crippen LogP contribution is -2.68. The Morgan fingerprint density at radius 1 is 1.29 bits per heavy atom. The molecule has 21 heavy (non-hydrogen) atoms. The van der Waals surface area contributed by atoms with Crippen molar-refractivity contribution in [3.8, 4) is 0 Å². The van der Waals surface area contributed by atoms with E-state index < -0.39 is 6.04 Å². The summed E-state index contributed by atoms with van der Waals surface area (Å²) in [6, 6.07) is -0.741. The highest BCUT2D eigenvalue weighted by Crippen LogP contribution is 2.52. The van der Waals surface area contributed by atoms with Gasteiger partial charge in [-0.2, -0.15) is 0 Å². The molecule has 1 aliphatic heterocycles. The number of carbonyl (C=O) groups is 2. The van der Waals surface area contributed by atoms with E-state index in [1.165, 1.54) is 0 Å². The average Bonchev–Trinajstić information content (AvgIpc) is 2.88. The molecule has 3 atom stereocenters. The van der Waals surface area contributed by atoms with Crippen molar-refractivity contribution >= 4 is 11.8 Å². The first kappa shape index (κ1) is 16.3. The van der Waals surface area contributed by atoms with Crippen LogP contribution < -0.4 is 5.32 Å². The van der Waals surface area contributed by atoms with Crippen LogP contribution in [0.1, 0.15) is 54.9 Å². The van der Waals surface area contributed by atoms with Crippen LogP contribution in [-0.2, 0) is 9.59 Å². The number of amides is 2. The van der Waals surface area contributed by atoms with Gasteiger partial charge in [-0.25, -0.2) is 0 Å². The fourth-order valence-corrected chi connectivity index (χ4v) is 3.31. The Bertz CT molecular complexity index is 448. The Labute approximate surface area is 128 Å². The molecule has 0 radical (unpaired) electrons. The van der Waals surface area contributed by atoms with E-state index in [1.807, 2.05) is 39.5 Å². The molecule has 2 fully saturated rings. The minimum absolute atomic E-state index is 0.00276. The van der Waals surface area contributed by atoms with E-state index in [0.29, 0.717) is 17.9 Å². The lowest BCUT2D eigenvalue weighted by atomic mass is 9.82. The van der Waals surface area contributed by atoms with E-state index in [-0.39, 0.29) is 29.2 Å². The van der Waals surface area contributed by atoms with Gasteiger partial charge in [0.15, 0.2) is 0 Å². The molecule has 0 spiro atoms. The molecule has 0 aromatic heterocycles. The van der Waals surface area contributed by atoms with Gasteiger partial charge < -0.3 is 10.2 Å². The third kappa shape index (κ3) is 3.09. The van der Waals surface area contributed by atoms with E-state index in [4.69, 9.17) is 0 Å². The number of rotatable bonds is 3. The minimum atomic E-state index is -0.415. The molecule has 1 aliphatic carbocycles. The molecular weight excluding hydrogens is 264 g/mol. The van der Waals surface area contributed by atoms with Crippen LogP contribution >= 0.6 is 0 Å². The number of carbonyl (C=O) groups excluding carboxylic acids is 2. The molecule has 2 aliphatic rings. The SMILES string of the molecule is CC(C)C1C(=O)NC(C(C)(C)C)C(=O)N1CC1CC1(C)C. The molecule has 1 saturated heterocycles. The predicted molar refractivity (Wildman–Crippen MR) is 83.6 cm³/mol. The topological polar surface area (TPSA) is 49.4 Å². The van der Waals surface area contributed by atoms with Gasteiger partial charge in [-0.1, -0.05) is 48.5 Å². The smallest absolute Gasteiger partial charge is 0.246 e. The van der Waals surface area contributed by atoms with Crippen LogP contribution in [0.5, 0.6) is 0 Å². The number of hydrogen-bond acceptors (Lipinski definition) is 2. The van der Waals surface area contributed by atoms with E-state index in [9.17, 15) is 9.59 Å². The van der Waals surface area contributed by atoms with Crippen LogP contribution in [0.15, 0.2) is 0 Å². The summed E-state index contributed by atoms with van der Waals surface area (Å²) in [6.07, 6.45) is 1.14. The molecule has 4 heteroatoms. The van der Waals surface area contributed by atoms with E-state index in [2.05, 4.69) is 19.2 Å². The average molecular weight is 294 g/mol. The van der Waals surface area contributed by atoms with Crippen molar-refractivity contribution in [1.29, 1.82) is 0 Å². The molecular formula is C17H30N2O2. The van der Waals surface area contributed by atoms with Crippen molar-refractivity contribution in [2.75, 3.05) is 6.54 Å². The van der Waals surface area contributed by atoms with Crippen LogP contribution in [0.2, 0.25) is 0 Å². The molecule has 2 rings (SSSR count). The summed E-state index contributed by atoms with van der Waals surface area (Å²) in [5.74, 6) is 0.748. The molecule has 4 nitrogen and oxygen atoms in total. The first-order valence-corrected chi connectivity index (χ1v) is 8.06. The summed E-state index contributed by atoms with van der Waals surface area (Å²) in [5.41, 5.74) is 0.0545. The van der Waals surface area contributed by atoms with Gasteiger partial charge in [0.05, 0.1) is 0 Å². The standard InChI is InChI=1S/C17H30N2O2/c1-10(2)12-14(20)18-13(16(3,4)5)15(21)19(12)9-11-8-17(11,6)7/h10-13H,8-9H2,1-7H3,(H,18,20). The van der Waals surface area contributed by atoms with Gasteiger partial charge in [-0.15, -0.1) is 0 Å². The van der Waals surface area contributed by atoms with Crippen LogP contribution in [-0.4, -0.2) is 35.3 Å². The Hall–Kier alpha value is -1.06. The maximum absolute atomic E-state index is 12.9. The van der Waals surface area contributed by atoms with E-state index in [1.54, 1.807) is 0 Å². The summed E-state index contributed by atoms with van der Waals surface area (Å²) >= 11 is 0. The van der Waals surface area contributed by atoms with Crippen LogP contribution in [0.4, 0.5) is 0 Å². The summed E-state index contributed by atoms with van der Waals surface area (Å²) in [6.45, 7) is 15.2. The van der Waals surface area contributed by atoms with E-state index >= 15 is 0 Å². The zero-order valence-corrected chi connectivity index (χ0v) is 14.5. The summed E-state index contributed by atoms with van der Waals surface area (Å²) in [5, 5.41) is 2.95. The summed E-state index contributed by atoms with van der Waals surface area (Å²) < 4.78 is 0. The summed E-state index contributed by atoms with van der Waals surface area (Å²) in [7, 11) is 0. The molecule has 1 N–H and O–H groups in total. The first-order valence-electron chi connectivity index (χ1n) is 8.06. The molecule has 3 unspecified atom stereocenters. The quantitative estimate of drug-likeness (QED) is 0.869. The van der Waals surface area contributed by atoms with Crippen molar-refractivity contribution < 1.29 is 9.59 Å². The van der Waals surface area contributed by atoms with Gasteiger partial charge in [-0.3, -0.25) is 9.59 Å². The molecule has 2 amide bonds.